The van der Waals surface area contributed by atoms with Gasteiger partial charge in [0.15, 0.2) is 0 Å². The van der Waals surface area contributed by atoms with Crippen LogP contribution in [0.4, 0.5) is 0 Å². The second-order valence-electron chi connectivity index (χ2n) is 8.70. The molecule has 5 rings (SSSR count). The zero-order valence-corrected chi connectivity index (χ0v) is 13.8. The van der Waals surface area contributed by atoms with Crippen molar-refractivity contribution in [3.8, 4) is 0 Å². The van der Waals surface area contributed by atoms with Gasteiger partial charge in [-0.3, -0.25) is 0 Å². The van der Waals surface area contributed by atoms with Crippen molar-refractivity contribution in [2.45, 2.75) is 70.8 Å². The lowest BCUT2D eigenvalue weighted by molar-refractivity contribution is -0.0886. The first-order valence-corrected chi connectivity index (χ1v) is 9.58. The Kier molecular flexibility index (Phi) is 4.04. The fraction of sp³-hybridized carbons (Fsp3) is 1.00. The maximum absolute atomic E-state index is 6.13. The molecule has 1 atom stereocenters. The number of likely N-dealkylation sites (N-methyl/N-ethyl adjacent to an activating group) is 1. The van der Waals surface area contributed by atoms with Crippen molar-refractivity contribution in [3.05, 3.63) is 0 Å². The number of hydrogen-bond donors (Lipinski definition) is 1. The topological polar surface area (TPSA) is 21.3 Å². The molecule has 0 amide bonds. The van der Waals surface area contributed by atoms with Gasteiger partial charge in [-0.1, -0.05) is 19.8 Å². The van der Waals surface area contributed by atoms with Crippen LogP contribution in [0.3, 0.4) is 0 Å². The molecular formula is C19H33NO. The lowest BCUT2D eigenvalue weighted by Gasteiger charge is -2.59. The second kappa shape index (κ2) is 5.85. The third-order valence-electron chi connectivity index (χ3n) is 6.93. The van der Waals surface area contributed by atoms with Crippen molar-refractivity contribution in [3.63, 3.8) is 0 Å². The Hall–Kier alpha value is -0.0800. The zero-order chi connectivity index (χ0) is 14.3. The van der Waals surface area contributed by atoms with Gasteiger partial charge in [-0.25, -0.2) is 0 Å². The molecule has 0 aliphatic heterocycles. The Morgan fingerprint density at radius 3 is 2.19 bits per heavy atom. The Bertz CT molecular complexity index is 327. The van der Waals surface area contributed by atoms with Crippen LogP contribution in [0, 0.1) is 29.1 Å². The third kappa shape index (κ3) is 3.03. The molecular weight excluding hydrogens is 258 g/mol. The van der Waals surface area contributed by atoms with Crippen LogP contribution in [0.1, 0.15) is 64.7 Å². The van der Waals surface area contributed by atoms with Gasteiger partial charge in [-0.15, -0.1) is 0 Å². The Morgan fingerprint density at radius 1 is 1.05 bits per heavy atom. The number of hydrogen-bond acceptors (Lipinski definition) is 2. The summed E-state index contributed by atoms with van der Waals surface area (Å²) in [6.07, 6.45) is 13.3. The fourth-order valence-corrected chi connectivity index (χ4v) is 6.16. The van der Waals surface area contributed by atoms with Crippen LogP contribution in [0.2, 0.25) is 0 Å². The minimum atomic E-state index is 0.588. The monoisotopic (exact) mass is 291 g/mol. The number of rotatable bonds is 8. The van der Waals surface area contributed by atoms with E-state index in [1.165, 1.54) is 38.5 Å². The van der Waals surface area contributed by atoms with Crippen molar-refractivity contribution in [1.29, 1.82) is 0 Å². The molecule has 2 nitrogen and oxygen atoms in total. The molecule has 0 spiro atoms. The van der Waals surface area contributed by atoms with Gasteiger partial charge in [-0.2, -0.15) is 0 Å². The lowest BCUT2D eigenvalue weighted by atomic mass is 9.47. The molecule has 1 N–H and O–H groups in total. The van der Waals surface area contributed by atoms with Crippen LogP contribution in [0.25, 0.3) is 0 Å². The molecule has 4 bridgehead atoms. The average Bonchev–Trinajstić information content (AvgIpc) is 3.25. The Balaban J connectivity index is 1.37. The molecule has 21 heavy (non-hydrogen) atoms. The van der Waals surface area contributed by atoms with Crippen LogP contribution in [-0.2, 0) is 4.74 Å². The van der Waals surface area contributed by atoms with E-state index in [1.807, 2.05) is 0 Å². The summed E-state index contributed by atoms with van der Waals surface area (Å²) in [5.41, 5.74) is 0.588. The van der Waals surface area contributed by atoms with Gasteiger partial charge < -0.3 is 10.1 Å². The van der Waals surface area contributed by atoms with Crippen LogP contribution in [0.5, 0.6) is 0 Å². The molecule has 0 aromatic rings. The summed E-state index contributed by atoms with van der Waals surface area (Å²) in [6, 6.07) is 0.620. The Morgan fingerprint density at radius 2 is 1.67 bits per heavy atom. The van der Waals surface area contributed by atoms with Crippen LogP contribution in [-0.4, -0.2) is 25.8 Å². The highest BCUT2D eigenvalue weighted by Gasteiger charge is 2.53. The van der Waals surface area contributed by atoms with E-state index in [0.717, 1.165) is 43.4 Å². The third-order valence-corrected chi connectivity index (χ3v) is 6.93. The van der Waals surface area contributed by atoms with Gasteiger partial charge in [0.1, 0.15) is 0 Å². The van der Waals surface area contributed by atoms with E-state index < -0.39 is 0 Å². The molecule has 0 heterocycles. The first kappa shape index (κ1) is 14.5. The van der Waals surface area contributed by atoms with Gasteiger partial charge in [0.05, 0.1) is 6.61 Å². The average molecular weight is 291 g/mol. The van der Waals surface area contributed by atoms with Crippen molar-refractivity contribution in [1.82, 2.24) is 5.32 Å². The molecule has 5 fully saturated rings. The summed E-state index contributed by atoms with van der Waals surface area (Å²) in [5, 5.41) is 3.82. The lowest BCUT2D eigenvalue weighted by Crippen LogP contribution is -2.57. The summed E-state index contributed by atoms with van der Waals surface area (Å²) in [4.78, 5) is 0. The number of ether oxygens (including phenoxy) is 1. The highest BCUT2D eigenvalue weighted by atomic mass is 16.5. The molecule has 5 saturated carbocycles. The minimum Gasteiger partial charge on any atom is -0.380 e. The van der Waals surface area contributed by atoms with Gasteiger partial charge >= 0.3 is 0 Å². The van der Waals surface area contributed by atoms with E-state index in [2.05, 4.69) is 12.2 Å². The van der Waals surface area contributed by atoms with E-state index in [1.54, 1.807) is 19.3 Å². The quantitative estimate of drug-likeness (QED) is 0.683. The van der Waals surface area contributed by atoms with Crippen LogP contribution in [0.15, 0.2) is 0 Å². The zero-order valence-electron chi connectivity index (χ0n) is 13.8. The SMILES string of the molecule is CCNC(COCCC1CC1)C12CC3CC(CC(C3)C1)C2. The van der Waals surface area contributed by atoms with E-state index in [-0.39, 0.29) is 0 Å². The van der Waals surface area contributed by atoms with Gasteiger partial charge in [0.2, 0.25) is 0 Å². The standard InChI is InChI=1S/C19H33NO/c1-2-20-18(13-21-6-5-14-3-4-14)19-10-15-7-16(11-19)9-17(8-15)12-19/h14-18,20H,2-13H2,1H3. The molecule has 120 valence electrons. The van der Waals surface area contributed by atoms with Crippen molar-refractivity contribution < 1.29 is 4.74 Å². The van der Waals surface area contributed by atoms with Crippen LogP contribution >= 0.6 is 0 Å². The highest BCUT2D eigenvalue weighted by molar-refractivity contribution is 5.06. The summed E-state index contributed by atoms with van der Waals surface area (Å²) >= 11 is 0. The van der Waals surface area contributed by atoms with E-state index in [0.29, 0.717) is 11.5 Å². The van der Waals surface area contributed by atoms with Crippen molar-refractivity contribution in [2.75, 3.05) is 19.8 Å². The largest absolute Gasteiger partial charge is 0.380 e. The summed E-state index contributed by atoms with van der Waals surface area (Å²) in [6.45, 7) is 5.32. The Labute approximate surface area is 130 Å². The van der Waals surface area contributed by atoms with Gasteiger partial charge in [0.25, 0.3) is 0 Å². The summed E-state index contributed by atoms with van der Waals surface area (Å²) in [7, 11) is 0. The smallest absolute Gasteiger partial charge is 0.0625 e. The molecule has 0 aromatic carbocycles. The predicted molar refractivity (Wildman–Crippen MR) is 86.2 cm³/mol. The number of nitrogens with one attached hydrogen (secondary N) is 1. The highest BCUT2D eigenvalue weighted by Crippen LogP contribution is 2.61. The van der Waals surface area contributed by atoms with E-state index in [4.69, 9.17) is 4.74 Å². The molecule has 1 unspecified atom stereocenters. The van der Waals surface area contributed by atoms with Gasteiger partial charge in [0, 0.05) is 12.6 Å². The molecule has 0 aromatic heterocycles. The molecule has 5 aliphatic carbocycles. The second-order valence-corrected chi connectivity index (χ2v) is 8.70. The van der Waals surface area contributed by atoms with E-state index in [9.17, 15) is 0 Å². The van der Waals surface area contributed by atoms with Gasteiger partial charge in [-0.05, 0) is 80.6 Å². The maximum Gasteiger partial charge on any atom is 0.0625 e. The molecule has 2 heteroatoms. The minimum absolute atomic E-state index is 0.588. The normalized spacial score (nSPS) is 42.4. The first-order valence-electron chi connectivity index (χ1n) is 9.58. The molecule has 0 saturated heterocycles. The summed E-state index contributed by atoms with van der Waals surface area (Å²) < 4.78 is 6.13. The predicted octanol–water partition coefficient (Wildman–Crippen LogP) is 4.00. The van der Waals surface area contributed by atoms with Crippen molar-refractivity contribution >= 4 is 0 Å². The van der Waals surface area contributed by atoms with E-state index >= 15 is 0 Å². The molecule has 0 radical (unpaired) electrons. The summed E-state index contributed by atoms with van der Waals surface area (Å²) in [5.74, 6) is 4.14. The fourth-order valence-electron chi connectivity index (χ4n) is 6.16. The van der Waals surface area contributed by atoms with Crippen molar-refractivity contribution in [2.24, 2.45) is 29.1 Å². The van der Waals surface area contributed by atoms with Crippen LogP contribution < -0.4 is 5.32 Å². The molecule has 5 aliphatic rings. The first-order chi connectivity index (χ1) is 10.3. The maximum atomic E-state index is 6.13.